The van der Waals surface area contributed by atoms with E-state index in [9.17, 15) is 9.59 Å². The molecule has 1 heterocycles. The molecule has 0 aliphatic carbocycles. The van der Waals surface area contributed by atoms with Gasteiger partial charge in [-0.05, 0) is 31.0 Å². The van der Waals surface area contributed by atoms with Crippen molar-refractivity contribution >= 4 is 38.5 Å². The Morgan fingerprint density at radius 1 is 1.35 bits per heavy atom. The smallest absolute Gasteiger partial charge is 0.248 e. The van der Waals surface area contributed by atoms with E-state index in [1.165, 1.54) is 18.3 Å². The van der Waals surface area contributed by atoms with Crippen molar-refractivity contribution in [2.45, 2.75) is 33.7 Å². The monoisotopic (exact) mass is 335 g/mol. The van der Waals surface area contributed by atoms with Crippen LogP contribution in [-0.2, 0) is 9.59 Å². The van der Waals surface area contributed by atoms with Gasteiger partial charge < -0.3 is 15.4 Å². The third-order valence-electron chi connectivity index (χ3n) is 3.21. The second-order valence-electron chi connectivity index (χ2n) is 5.49. The fourth-order valence-corrected chi connectivity index (χ4v) is 3.05. The molecule has 0 fully saturated rings. The molecule has 0 saturated heterocycles. The molecule has 1 aromatic heterocycles. The van der Waals surface area contributed by atoms with Gasteiger partial charge in [-0.25, -0.2) is 4.98 Å². The van der Waals surface area contributed by atoms with Crippen LogP contribution < -0.4 is 15.4 Å². The van der Waals surface area contributed by atoms with Gasteiger partial charge in [-0.1, -0.05) is 25.2 Å². The fraction of sp³-hybridized carbons (Fsp3) is 0.438. The van der Waals surface area contributed by atoms with Gasteiger partial charge in [0.25, 0.3) is 0 Å². The summed E-state index contributed by atoms with van der Waals surface area (Å²) in [5.74, 6) is 0.265. The van der Waals surface area contributed by atoms with Crippen LogP contribution in [0.4, 0.5) is 5.13 Å². The lowest BCUT2D eigenvalue weighted by molar-refractivity contribution is -0.126. The SMILES string of the molecule is CCOc1ccc2nc(NC(=O)[C@@H](NC(C)=O)C(C)C)sc2c1. The Labute approximate surface area is 139 Å². The summed E-state index contributed by atoms with van der Waals surface area (Å²) in [4.78, 5) is 28.0. The van der Waals surface area contributed by atoms with Crippen LogP contribution in [0, 0.1) is 5.92 Å². The van der Waals surface area contributed by atoms with Gasteiger partial charge in [0.15, 0.2) is 5.13 Å². The number of nitrogens with zero attached hydrogens (tertiary/aromatic N) is 1. The molecule has 0 aliphatic rings. The van der Waals surface area contributed by atoms with Gasteiger partial charge in [-0.2, -0.15) is 0 Å². The largest absolute Gasteiger partial charge is 0.494 e. The third-order valence-corrected chi connectivity index (χ3v) is 4.14. The van der Waals surface area contributed by atoms with E-state index in [1.807, 2.05) is 39.0 Å². The molecule has 0 bridgehead atoms. The van der Waals surface area contributed by atoms with E-state index in [1.54, 1.807) is 0 Å². The molecule has 0 unspecified atom stereocenters. The summed E-state index contributed by atoms with van der Waals surface area (Å²) in [5, 5.41) is 5.96. The summed E-state index contributed by atoms with van der Waals surface area (Å²) >= 11 is 1.38. The van der Waals surface area contributed by atoms with E-state index in [-0.39, 0.29) is 17.7 Å². The maximum Gasteiger partial charge on any atom is 0.248 e. The molecule has 23 heavy (non-hydrogen) atoms. The average Bonchev–Trinajstić information content (AvgIpc) is 2.85. The number of rotatable bonds is 6. The Morgan fingerprint density at radius 3 is 2.70 bits per heavy atom. The van der Waals surface area contributed by atoms with Crippen molar-refractivity contribution in [3.8, 4) is 5.75 Å². The number of carbonyl (C=O) groups is 2. The average molecular weight is 335 g/mol. The molecule has 7 heteroatoms. The molecule has 0 spiro atoms. The van der Waals surface area contributed by atoms with E-state index >= 15 is 0 Å². The number of amides is 2. The molecule has 124 valence electrons. The van der Waals surface area contributed by atoms with Crippen LogP contribution in [0.1, 0.15) is 27.7 Å². The normalized spacial score (nSPS) is 12.2. The maximum atomic E-state index is 12.4. The number of ether oxygens (including phenoxy) is 1. The van der Waals surface area contributed by atoms with Crippen LogP contribution in [0.25, 0.3) is 10.2 Å². The number of carbonyl (C=O) groups excluding carboxylic acids is 2. The number of hydrogen-bond acceptors (Lipinski definition) is 5. The Kier molecular flexibility index (Phi) is 5.54. The Bertz CT molecular complexity index is 712. The van der Waals surface area contributed by atoms with Crippen LogP contribution in [-0.4, -0.2) is 29.4 Å². The quantitative estimate of drug-likeness (QED) is 0.850. The highest BCUT2D eigenvalue weighted by Gasteiger charge is 2.23. The first-order chi connectivity index (χ1) is 10.9. The summed E-state index contributed by atoms with van der Waals surface area (Å²) < 4.78 is 6.40. The zero-order valence-electron chi connectivity index (χ0n) is 13.7. The molecule has 2 rings (SSSR count). The lowest BCUT2D eigenvalue weighted by Crippen LogP contribution is -2.46. The second kappa shape index (κ2) is 7.41. The lowest BCUT2D eigenvalue weighted by Gasteiger charge is -2.19. The number of aromatic nitrogens is 1. The van der Waals surface area contributed by atoms with Crippen LogP contribution in [0.2, 0.25) is 0 Å². The summed E-state index contributed by atoms with van der Waals surface area (Å²) in [6, 6.07) is 5.03. The summed E-state index contributed by atoms with van der Waals surface area (Å²) in [6.45, 7) is 7.69. The van der Waals surface area contributed by atoms with E-state index in [4.69, 9.17) is 4.74 Å². The molecule has 2 amide bonds. The predicted molar refractivity (Wildman–Crippen MR) is 91.9 cm³/mol. The van der Waals surface area contributed by atoms with Crippen molar-refractivity contribution in [3.05, 3.63) is 18.2 Å². The first-order valence-corrected chi connectivity index (χ1v) is 8.33. The highest BCUT2D eigenvalue weighted by molar-refractivity contribution is 7.22. The summed E-state index contributed by atoms with van der Waals surface area (Å²) in [6.07, 6.45) is 0. The Hall–Kier alpha value is -2.15. The molecular formula is C16H21N3O3S. The molecule has 6 nitrogen and oxygen atoms in total. The standard InChI is InChI=1S/C16H21N3O3S/c1-5-22-11-6-7-12-13(8-11)23-16(18-12)19-15(21)14(9(2)3)17-10(4)20/h6-9,14H,5H2,1-4H3,(H,17,20)(H,18,19,21)/t14-/m0/s1. The van der Waals surface area contributed by atoms with Crippen LogP contribution in [0.15, 0.2) is 18.2 Å². The van der Waals surface area contributed by atoms with Gasteiger partial charge in [-0.15, -0.1) is 0 Å². The maximum absolute atomic E-state index is 12.4. The van der Waals surface area contributed by atoms with Crippen molar-refractivity contribution in [1.82, 2.24) is 10.3 Å². The molecule has 1 aromatic carbocycles. The van der Waals surface area contributed by atoms with Crippen molar-refractivity contribution in [1.29, 1.82) is 0 Å². The molecule has 2 aromatic rings. The second-order valence-corrected chi connectivity index (χ2v) is 6.52. The van der Waals surface area contributed by atoms with Gasteiger partial charge in [0.05, 0.1) is 16.8 Å². The van der Waals surface area contributed by atoms with Gasteiger partial charge in [0.2, 0.25) is 11.8 Å². The molecule has 0 aliphatic heterocycles. The van der Waals surface area contributed by atoms with Crippen LogP contribution >= 0.6 is 11.3 Å². The molecule has 1 atom stereocenters. The number of thiazole rings is 1. The molecular weight excluding hydrogens is 314 g/mol. The molecule has 0 radical (unpaired) electrons. The van der Waals surface area contributed by atoms with E-state index in [0.717, 1.165) is 16.0 Å². The first kappa shape index (κ1) is 17.2. The Balaban J connectivity index is 2.16. The predicted octanol–water partition coefficient (Wildman–Crippen LogP) is 2.79. The minimum atomic E-state index is -0.585. The number of anilines is 1. The fourth-order valence-electron chi connectivity index (χ4n) is 2.15. The minimum absolute atomic E-state index is 0.0159. The zero-order valence-corrected chi connectivity index (χ0v) is 14.5. The van der Waals surface area contributed by atoms with Gasteiger partial charge in [-0.3, -0.25) is 9.59 Å². The van der Waals surface area contributed by atoms with Crippen molar-refractivity contribution in [2.24, 2.45) is 5.92 Å². The van der Waals surface area contributed by atoms with E-state index in [2.05, 4.69) is 15.6 Å². The minimum Gasteiger partial charge on any atom is -0.494 e. The zero-order chi connectivity index (χ0) is 17.0. The number of benzene rings is 1. The van der Waals surface area contributed by atoms with Crippen molar-refractivity contribution in [3.63, 3.8) is 0 Å². The Morgan fingerprint density at radius 2 is 2.09 bits per heavy atom. The van der Waals surface area contributed by atoms with Gasteiger partial charge in [0.1, 0.15) is 11.8 Å². The highest BCUT2D eigenvalue weighted by Crippen LogP contribution is 2.29. The van der Waals surface area contributed by atoms with Gasteiger partial charge >= 0.3 is 0 Å². The van der Waals surface area contributed by atoms with Crippen LogP contribution in [0.3, 0.4) is 0 Å². The van der Waals surface area contributed by atoms with Crippen LogP contribution in [0.5, 0.6) is 5.75 Å². The summed E-state index contributed by atoms with van der Waals surface area (Å²) in [7, 11) is 0. The van der Waals surface area contributed by atoms with Crippen molar-refractivity contribution < 1.29 is 14.3 Å². The van der Waals surface area contributed by atoms with E-state index in [0.29, 0.717) is 11.7 Å². The van der Waals surface area contributed by atoms with Gasteiger partial charge in [0, 0.05) is 6.92 Å². The summed E-state index contributed by atoms with van der Waals surface area (Å²) in [5.41, 5.74) is 0.800. The molecule has 2 N–H and O–H groups in total. The number of hydrogen-bond donors (Lipinski definition) is 2. The number of nitrogens with one attached hydrogen (secondary N) is 2. The van der Waals surface area contributed by atoms with Crippen molar-refractivity contribution in [2.75, 3.05) is 11.9 Å². The molecule has 0 saturated carbocycles. The lowest BCUT2D eigenvalue weighted by atomic mass is 10.0. The highest BCUT2D eigenvalue weighted by atomic mass is 32.1. The topological polar surface area (TPSA) is 80.3 Å². The third kappa shape index (κ3) is 4.41. The number of fused-ring (bicyclic) bond motifs is 1. The van der Waals surface area contributed by atoms with E-state index < -0.39 is 6.04 Å². The first-order valence-electron chi connectivity index (χ1n) is 7.52.